The van der Waals surface area contributed by atoms with Gasteiger partial charge >= 0.3 is 11.6 Å². The van der Waals surface area contributed by atoms with E-state index >= 15 is 0 Å². The molecule has 0 saturated heterocycles. The molecule has 0 aliphatic rings. The zero-order valence-corrected chi connectivity index (χ0v) is 11.9. The third-order valence-electron chi connectivity index (χ3n) is 2.75. The van der Waals surface area contributed by atoms with Crippen LogP contribution in [0.4, 0.5) is 11.6 Å². The highest BCUT2D eigenvalue weighted by molar-refractivity contribution is 5.50. The molecule has 2 rings (SSSR count). The van der Waals surface area contributed by atoms with Gasteiger partial charge in [0.2, 0.25) is 5.95 Å². The number of hydrazine groups is 1. The molecule has 0 aliphatic heterocycles. The summed E-state index contributed by atoms with van der Waals surface area (Å²) in [6.07, 6.45) is 0. The Morgan fingerprint density at radius 3 is 2.33 bits per heavy atom. The summed E-state index contributed by atoms with van der Waals surface area (Å²) in [5.41, 5.74) is 4.11. The lowest BCUT2D eigenvalue weighted by Gasteiger charge is -2.09. The Bertz CT molecular complexity index is 682. The van der Waals surface area contributed by atoms with E-state index in [0.29, 0.717) is 5.75 Å². The van der Waals surface area contributed by atoms with Gasteiger partial charge in [-0.05, 0) is 44.0 Å². The molecule has 1 aromatic carbocycles. The van der Waals surface area contributed by atoms with Gasteiger partial charge in [-0.15, -0.1) is 0 Å². The zero-order chi connectivity index (χ0) is 15.6. The van der Waals surface area contributed by atoms with Gasteiger partial charge in [0.05, 0.1) is 4.92 Å². The zero-order valence-electron chi connectivity index (χ0n) is 11.9. The number of nitrogen functional groups attached to an aromatic ring is 1. The second-order valence-corrected chi connectivity index (χ2v) is 4.61. The van der Waals surface area contributed by atoms with Crippen LogP contribution in [0.3, 0.4) is 0 Å². The van der Waals surface area contributed by atoms with Gasteiger partial charge in [0.25, 0.3) is 0 Å². The second kappa shape index (κ2) is 5.71. The fourth-order valence-electron chi connectivity index (χ4n) is 1.99. The summed E-state index contributed by atoms with van der Waals surface area (Å²) in [6.45, 7) is 5.31. The molecule has 0 aliphatic carbocycles. The Kier molecular flexibility index (Phi) is 3.99. The van der Waals surface area contributed by atoms with Crippen molar-refractivity contribution in [2.75, 3.05) is 5.43 Å². The van der Waals surface area contributed by atoms with E-state index < -0.39 is 4.92 Å². The van der Waals surface area contributed by atoms with Crippen molar-refractivity contribution in [1.82, 2.24) is 9.97 Å². The molecule has 8 nitrogen and oxygen atoms in total. The molecule has 1 aromatic heterocycles. The number of nitrogens with one attached hydrogen (secondary N) is 1. The van der Waals surface area contributed by atoms with Crippen LogP contribution in [0.15, 0.2) is 18.2 Å². The van der Waals surface area contributed by atoms with Crippen LogP contribution < -0.4 is 16.0 Å². The topological polar surface area (TPSA) is 116 Å². The highest BCUT2D eigenvalue weighted by atomic mass is 16.6. The smallest absolute Gasteiger partial charge is 0.352 e. The minimum atomic E-state index is -0.576. The number of ether oxygens (including phenoxy) is 1. The first-order valence-electron chi connectivity index (χ1n) is 6.16. The number of nitro groups is 1. The van der Waals surface area contributed by atoms with Crippen LogP contribution in [0.2, 0.25) is 0 Å². The Labute approximate surface area is 121 Å². The average molecular weight is 289 g/mol. The van der Waals surface area contributed by atoms with Crippen molar-refractivity contribution < 1.29 is 9.66 Å². The molecule has 0 bridgehead atoms. The van der Waals surface area contributed by atoms with Gasteiger partial charge in [-0.3, -0.25) is 15.5 Å². The summed E-state index contributed by atoms with van der Waals surface area (Å²) in [4.78, 5) is 18.4. The number of nitrogens with zero attached hydrogens (tertiary/aromatic N) is 3. The highest BCUT2D eigenvalue weighted by Crippen LogP contribution is 2.32. The number of hydrogen-bond acceptors (Lipinski definition) is 7. The van der Waals surface area contributed by atoms with Crippen molar-refractivity contribution in [1.29, 1.82) is 0 Å². The van der Waals surface area contributed by atoms with Crippen molar-refractivity contribution in [2.45, 2.75) is 20.8 Å². The average Bonchev–Trinajstić information content (AvgIpc) is 2.36. The summed E-state index contributed by atoms with van der Waals surface area (Å²) in [5.74, 6) is 5.63. The maximum atomic E-state index is 11.2. The fourth-order valence-corrected chi connectivity index (χ4v) is 1.99. The van der Waals surface area contributed by atoms with Crippen LogP contribution in [-0.4, -0.2) is 14.9 Å². The van der Waals surface area contributed by atoms with Crippen LogP contribution in [0.1, 0.15) is 16.8 Å². The molecule has 0 unspecified atom stereocenters. The molecular formula is C13H15N5O3. The van der Waals surface area contributed by atoms with E-state index in [9.17, 15) is 10.1 Å². The monoisotopic (exact) mass is 289 g/mol. The highest BCUT2D eigenvalue weighted by Gasteiger charge is 2.24. The Morgan fingerprint density at radius 2 is 1.81 bits per heavy atom. The Hall–Kier alpha value is -2.74. The SMILES string of the molecule is Cc1cc(C)cc(Oc2nc(NN)nc(C)c2[N+](=O)[O-])c1. The fraction of sp³-hybridized carbons (Fsp3) is 0.231. The van der Waals surface area contributed by atoms with Crippen molar-refractivity contribution in [3.05, 3.63) is 45.1 Å². The van der Waals surface area contributed by atoms with Gasteiger partial charge in [-0.1, -0.05) is 6.07 Å². The molecule has 3 N–H and O–H groups in total. The van der Waals surface area contributed by atoms with E-state index in [4.69, 9.17) is 10.6 Å². The Balaban J connectivity index is 2.51. The molecule has 0 amide bonds. The van der Waals surface area contributed by atoms with Gasteiger partial charge in [0.15, 0.2) is 0 Å². The van der Waals surface area contributed by atoms with Crippen molar-refractivity contribution in [3.8, 4) is 11.6 Å². The lowest BCUT2D eigenvalue weighted by atomic mass is 10.1. The number of nitrogens with two attached hydrogens (primary N) is 1. The number of aryl methyl sites for hydroxylation is 3. The summed E-state index contributed by atoms with van der Waals surface area (Å²) in [6, 6.07) is 5.51. The molecule has 2 aromatic rings. The molecule has 0 fully saturated rings. The molecule has 1 heterocycles. The maximum Gasteiger partial charge on any atom is 0.352 e. The van der Waals surface area contributed by atoms with Crippen LogP contribution in [0.25, 0.3) is 0 Å². The quantitative estimate of drug-likeness (QED) is 0.504. The van der Waals surface area contributed by atoms with Crippen LogP contribution in [-0.2, 0) is 0 Å². The van der Waals surface area contributed by atoms with Crippen molar-refractivity contribution in [3.63, 3.8) is 0 Å². The van der Waals surface area contributed by atoms with Crippen molar-refractivity contribution in [2.24, 2.45) is 5.84 Å². The lowest BCUT2D eigenvalue weighted by Crippen LogP contribution is -2.12. The number of benzene rings is 1. The number of aromatic nitrogens is 2. The van der Waals surface area contributed by atoms with Crippen LogP contribution in [0.5, 0.6) is 11.6 Å². The minimum Gasteiger partial charge on any atom is -0.434 e. The van der Waals surface area contributed by atoms with Crippen LogP contribution in [0, 0.1) is 30.9 Å². The van der Waals surface area contributed by atoms with Gasteiger partial charge < -0.3 is 4.74 Å². The van der Waals surface area contributed by atoms with Crippen LogP contribution >= 0.6 is 0 Å². The molecule has 8 heteroatoms. The van der Waals surface area contributed by atoms with E-state index in [2.05, 4.69) is 15.4 Å². The van der Waals surface area contributed by atoms with Gasteiger partial charge in [0.1, 0.15) is 11.4 Å². The minimum absolute atomic E-state index is 0.0532. The summed E-state index contributed by atoms with van der Waals surface area (Å²) in [5, 5.41) is 11.2. The molecule has 110 valence electrons. The predicted octanol–water partition coefficient (Wildman–Crippen LogP) is 2.39. The summed E-state index contributed by atoms with van der Waals surface area (Å²) in [7, 11) is 0. The standard InChI is InChI=1S/C13H15N5O3/c1-7-4-8(2)6-10(5-7)21-12-11(18(19)20)9(3)15-13(16-12)17-14/h4-6H,14H2,1-3H3,(H,15,16,17). The predicted molar refractivity (Wildman–Crippen MR) is 77.2 cm³/mol. The van der Waals surface area contributed by atoms with Crippen molar-refractivity contribution >= 4 is 11.6 Å². The van der Waals surface area contributed by atoms with Gasteiger partial charge in [-0.25, -0.2) is 10.8 Å². The van der Waals surface area contributed by atoms with E-state index in [1.54, 1.807) is 12.1 Å². The number of anilines is 1. The maximum absolute atomic E-state index is 11.2. The van der Waals surface area contributed by atoms with Gasteiger partial charge in [-0.2, -0.15) is 4.98 Å². The van der Waals surface area contributed by atoms with E-state index in [1.165, 1.54) is 6.92 Å². The molecule has 0 saturated carbocycles. The molecule has 0 spiro atoms. The molecule has 21 heavy (non-hydrogen) atoms. The van der Waals surface area contributed by atoms with Gasteiger partial charge in [0, 0.05) is 0 Å². The second-order valence-electron chi connectivity index (χ2n) is 4.61. The lowest BCUT2D eigenvalue weighted by molar-refractivity contribution is -0.386. The Morgan fingerprint density at radius 1 is 1.19 bits per heavy atom. The molecular weight excluding hydrogens is 274 g/mol. The first-order valence-corrected chi connectivity index (χ1v) is 6.16. The first kappa shape index (κ1) is 14.7. The largest absolute Gasteiger partial charge is 0.434 e. The normalized spacial score (nSPS) is 10.3. The third kappa shape index (κ3) is 3.23. The molecule has 0 radical (unpaired) electrons. The third-order valence-corrected chi connectivity index (χ3v) is 2.75. The first-order chi connectivity index (χ1) is 9.90. The molecule has 0 atom stereocenters. The summed E-state index contributed by atoms with van der Waals surface area (Å²) >= 11 is 0. The summed E-state index contributed by atoms with van der Waals surface area (Å²) < 4.78 is 5.57. The van der Waals surface area contributed by atoms with E-state index in [-0.39, 0.29) is 23.2 Å². The van der Waals surface area contributed by atoms with E-state index in [1.807, 2.05) is 19.9 Å². The number of rotatable bonds is 4. The number of hydrogen-bond donors (Lipinski definition) is 2. The van der Waals surface area contributed by atoms with E-state index in [0.717, 1.165) is 11.1 Å².